The Hall–Kier alpha value is -3.46. The quantitative estimate of drug-likeness (QED) is 0.472. The van der Waals surface area contributed by atoms with Gasteiger partial charge in [-0.3, -0.25) is 4.79 Å². The predicted molar refractivity (Wildman–Crippen MR) is 150 cm³/mol. The normalized spacial score (nSPS) is 17.2. The van der Waals surface area contributed by atoms with Gasteiger partial charge in [0.1, 0.15) is 23.8 Å². The summed E-state index contributed by atoms with van der Waals surface area (Å²) in [5.74, 6) is 1.47. The molecule has 9 heteroatoms. The second-order valence-electron chi connectivity index (χ2n) is 9.89. The van der Waals surface area contributed by atoms with Crippen LogP contribution in [0.2, 0.25) is 5.02 Å². The smallest absolute Gasteiger partial charge is 0.262 e. The number of nitrogens with one attached hydrogen (secondary N) is 1. The average molecular weight is 537 g/mol. The van der Waals surface area contributed by atoms with Crippen LogP contribution in [0, 0.1) is 0 Å². The Morgan fingerprint density at radius 1 is 1.11 bits per heavy atom. The first kappa shape index (κ1) is 27.6. The van der Waals surface area contributed by atoms with E-state index in [4.69, 9.17) is 21.4 Å². The molecular weight excluding hydrogens is 504 g/mol. The van der Waals surface area contributed by atoms with Crippen molar-refractivity contribution in [1.82, 2.24) is 10.3 Å². The molecule has 0 radical (unpaired) electrons. The molecule has 0 saturated carbocycles. The number of fused-ring (bicyclic) bond motifs is 1. The van der Waals surface area contributed by atoms with Crippen LogP contribution in [-0.2, 0) is 4.79 Å². The van der Waals surface area contributed by atoms with Gasteiger partial charge in [-0.2, -0.15) is 0 Å². The number of anilines is 2. The second-order valence-corrected chi connectivity index (χ2v) is 10.3. The van der Waals surface area contributed by atoms with Crippen molar-refractivity contribution in [2.24, 2.45) is 0 Å². The Morgan fingerprint density at radius 3 is 2.42 bits per heavy atom. The van der Waals surface area contributed by atoms with Crippen LogP contribution in [0.1, 0.15) is 30.6 Å². The van der Waals surface area contributed by atoms with Crippen LogP contribution in [0.15, 0.2) is 60.8 Å². The number of aromatic nitrogens is 1. The number of carbonyl (C=O) groups excluding carboxylic acids is 2. The summed E-state index contributed by atoms with van der Waals surface area (Å²) in [6, 6.07) is 17.8. The summed E-state index contributed by atoms with van der Waals surface area (Å²) in [7, 11) is 1.99. The zero-order valence-electron chi connectivity index (χ0n) is 21.9. The standard InChI is InChI=1S/C25H25ClN4O2.C4H8O2/c1-27-20-10-11-29(16-20)24-9-7-21(15-28-24)30-12-13-32-23-14-18(4-8-22(23)25(30)31)17-2-5-19(26)6-3-17;1-4(2,6)3-5/h2-9,14-15,20,27H,10-13,16H2,1H3;3,6H,1-2H3. The summed E-state index contributed by atoms with van der Waals surface area (Å²) >= 11 is 6.00. The first-order valence-corrected chi connectivity index (χ1v) is 13.0. The van der Waals surface area contributed by atoms with Crippen molar-refractivity contribution in [3.63, 3.8) is 0 Å². The molecule has 0 bridgehead atoms. The van der Waals surface area contributed by atoms with Crippen molar-refractivity contribution in [1.29, 1.82) is 0 Å². The molecule has 1 amide bonds. The highest BCUT2D eigenvalue weighted by Gasteiger charge is 2.26. The number of rotatable bonds is 5. The van der Waals surface area contributed by atoms with Crippen molar-refractivity contribution < 1.29 is 19.4 Å². The molecule has 1 aromatic heterocycles. The van der Waals surface area contributed by atoms with Gasteiger partial charge >= 0.3 is 0 Å². The highest BCUT2D eigenvalue weighted by atomic mass is 35.5. The molecule has 2 aromatic carbocycles. The van der Waals surface area contributed by atoms with Crippen LogP contribution in [-0.4, -0.2) is 67.2 Å². The van der Waals surface area contributed by atoms with E-state index in [1.165, 1.54) is 13.8 Å². The minimum Gasteiger partial charge on any atom is -0.491 e. The maximum atomic E-state index is 13.3. The van der Waals surface area contributed by atoms with Crippen molar-refractivity contribution in [3.8, 4) is 16.9 Å². The van der Waals surface area contributed by atoms with Gasteiger partial charge in [0.25, 0.3) is 5.91 Å². The van der Waals surface area contributed by atoms with Crippen LogP contribution in [0.25, 0.3) is 11.1 Å². The fourth-order valence-corrected chi connectivity index (χ4v) is 4.44. The van der Waals surface area contributed by atoms with Gasteiger partial charge in [0.2, 0.25) is 0 Å². The van der Waals surface area contributed by atoms with E-state index in [0.717, 1.165) is 42.1 Å². The van der Waals surface area contributed by atoms with Crippen molar-refractivity contribution in [2.75, 3.05) is 43.1 Å². The van der Waals surface area contributed by atoms with E-state index in [9.17, 15) is 9.59 Å². The van der Waals surface area contributed by atoms with Crippen LogP contribution in [0.5, 0.6) is 5.75 Å². The van der Waals surface area contributed by atoms with Crippen molar-refractivity contribution in [2.45, 2.75) is 31.9 Å². The molecule has 8 nitrogen and oxygen atoms in total. The Bertz CT molecular complexity index is 1260. The van der Waals surface area contributed by atoms with Gasteiger partial charge in [-0.25, -0.2) is 4.98 Å². The molecule has 1 atom stereocenters. The molecule has 1 unspecified atom stereocenters. The third kappa shape index (κ3) is 6.69. The topological polar surface area (TPSA) is 95.0 Å². The van der Waals surface area contributed by atoms with E-state index in [1.54, 1.807) is 11.1 Å². The number of aliphatic hydroxyl groups is 1. The molecule has 5 rings (SSSR count). The van der Waals surface area contributed by atoms with Gasteiger partial charge < -0.3 is 29.8 Å². The number of nitrogens with zero attached hydrogens (tertiary/aromatic N) is 3. The molecule has 200 valence electrons. The van der Waals surface area contributed by atoms with E-state index in [2.05, 4.69) is 15.2 Å². The first-order valence-electron chi connectivity index (χ1n) is 12.6. The summed E-state index contributed by atoms with van der Waals surface area (Å²) in [5.41, 5.74) is 2.21. The van der Waals surface area contributed by atoms with Crippen LogP contribution in [0.3, 0.4) is 0 Å². The molecular formula is C29H33ClN4O4. The van der Waals surface area contributed by atoms with Gasteiger partial charge in [0.15, 0.2) is 6.29 Å². The highest BCUT2D eigenvalue weighted by molar-refractivity contribution is 6.30. The summed E-state index contributed by atoms with van der Waals surface area (Å²) in [5, 5.41) is 12.5. The number of hydrogen-bond donors (Lipinski definition) is 2. The molecule has 1 saturated heterocycles. The van der Waals surface area contributed by atoms with Gasteiger partial charge in [0, 0.05) is 24.2 Å². The zero-order chi connectivity index (χ0) is 27.3. The lowest BCUT2D eigenvalue weighted by atomic mass is 10.0. The fourth-order valence-electron chi connectivity index (χ4n) is 4.31. The molecule has 0 aliphatic carbocycles. The Morgan fingerprint density at radius 2 is 1.82 bits per heavy atom. The van der Waals surface area contributed by atoms with E-state index >= 15 is 0 Å². The Labute approximate surface area is 228 Å². The van der Waals surface area contributed by atoms with E-state index < -0.39 is 5.60 Å². The maximum absolute atomic E-state index is 13.3. The lowest BCUT2D eigenvalue weighted by Gasteiger charge is -2.22. The largest absolute Gasteiger partial charge is 0.491 e. The van der Waals surface area contributed by atoms with Crippen LogP contribution in [0.4, 0.5) is 11.5 Å². The third-order valence-corrected chi connectivity index (χ3v) is 6.71. The fraction of sp³-hybridized carbons (Fsp3) is 0.345. The molecule has 3 aromatic rings. The molecule has 1 fully saturated rings. The summed E-state index contributed by atoms with van der Waals surface area (Å²) in [6.07, 6.45) is 3.39. The number of amides is 1. The number of likely N-dealkylation sites (N-methyl/N-ethyl adjacent to an activating group) is 1. The highest BCUT2D eigenvalue weighted by Crippen LogP contribution is 2.32. The molecule has 2 aliphatic heterocycles. The second kappa shape index (κ2) is 11.9. The zero-order valence-corrected chi connectivity index (χ0v) is 22.6. The Balaban J connectivity index is 0.000000505. The number of ether oxygens (including phenoxy) is 1. The van der Waals surface area contributed by atoms with E-state index in [0.29, 0.717) is 41.8 Å². The average Bonchev–Trinajstić information content (AvgIpc) is 3.34. The predicted octanol–water partition coefficient (Wildman–Crippen LogP) is 4.20. The van der Waals surface area contributed by atoms with E-state index in [-0.39, 0.29) is 5.91 Å². The van der Waals surface area contributed by atoms with Gasteiger partial charge in [-0.15, -0.1) is 0 Å². The number of halogens is 1. The number of pyridine rings is 1. The SMILES string of the molecule is CC(C)(O)C=O.CNC1CCN(c2ccc(N3CCOc4cc(-c5ccc(Cl)cc5)ccc4C3=O)cn2)C1. The van der Waals surface area contributed by atoms with Crippen LogP contribution < -0.4 is 19.9 Å². The molecule has 3 heterocycles. The summed E-state index contributed by atoms with van der Waals surface area (Å²) in [4.78, 5) is 31.6. The molecule has 38 heavy (non-hydrogen) atoms. The maximum Gasteiger partial charge on any atom is 0.262 e. The van der Waals surface area contributed by atoms with Gasteiger partial charge in [-0.05, 0) is 74.8 Å². The van der Waals surface area contributed by atoms with E-state index in [1.807, 2.05) is 61.6 Å². The number of aldehydes is 1. The lowest BCUT2D eigenvalue weighted by molar-refractivity contribution is -0.120. The minimum absolute atomic E-state index is 0.0777. The number of benzene rings is 2. The monoisotopic (exact) mass is 536 g/mol. The van der Waals surface area contributed by atoms with Gasteiger partial charge in [0.05, 0.1) is 24.0 Å². The lowest BCUT2D eigenvalue weighted by Crippen LogP contribution is -2.32. The van der Waals surface area contributed by atoms with Crippen molar-refractivity contribution in [3.05, 3.63) is 71.4 Å². The number of carbonyl (C=O) groups is 2. The number of hydrogen-bond acceptors (Lipinski definition) is 7. The molecule has 2 N–H and O–H groups in total. The molecule has 2 aliphatic rings. The first-order chi connectivity index (χ1) is 18.2. The minimum atomic E-state index is -1.14. The third-order valence-electron chi connectivity index (χ3n) is 6.46. The van der Waals surface area contributed by atoms with Crippen LogP contribution >= 0.6 is 11.6 Å². The Kier molecular flexibility index (Phi) is 8.66. The van der Waals surface area contributed by atoms with Crippen molar-refractivity contribution >= 4 is 35.3 Å². The molecule has 0 spiro atoms. The summed E-state index contributed by atoms with van der Waals surface area (Å²) < 4.78 is 5.96. The summed E-state index contributed by atoms with van der Waals surface area (Å²) in [6.45, 7) is 5.68. The van der Waals surface area contributed by atoms with Gasteiger partial charge in [-0.1, -0.05) is 29.8 Å².